The maximum atomic E-state index is 12.7. The Labute approximate surface area is 196 Å². The highest BCUT2D eigenvalue weighted by atomic mass is 16.2. The topological polar surface area (TPSA) is 120 Å². The normalized spacial score (nSPS) is 12.8. The van der Waals surface area contributed by atoms with E-state index in [1.54, 1.807) is 43.4 Å². The van der Waals surface area contributed by atoms with Gasteiger partial charge in [0, 0.05) is 29.7 Å². The molecule has 1 aliphatic heterocycles. The summed E-state index contributed by atoms with van der Waals surface area (Å²) in [5.74, 6) is -1.07. The highest BCUT2D eigenvalue weighted by Crippen LogP contribution is 2.24. The average molecular weight is 457 g/mol. The minimum absolute atomic E-state index is 0.102. The number of hydrogen-bond acceptors (Lipinski definition) is 4. The number of fused-ring (bicyclic) bond motifs is 1. The Morgan fingerprint density at radius 1 is 0.882 bits per heavy atom. The van der Waals surface area contributed by atoms with Crippen molar-refractivity contribution in [3.63, 3.8) is 0 Å². The summed E-state index contributed by atoms with van der Waals surface area (Å²) in [6.07, 6.45) is 0. The lowest BCUT2D eigenvalue weighted by atomic mass is 10.1. The number of nitrogens with zero attached hydrogens (tertiary/aromatic N) is 1. The summed E-state index contributed by atoms with van der Waals surface area (Å²) < 4.78 is 0. The van der Waals surface area contributed by atoms with E-state index in [0.717, 1.165) is 5.56 Å². The fourth-order valence-corrected chi connectivity index (χ4v) is 3.49. The lowest BCUT2D eigenvalue weighted by molar-refractivity contribution is -0.117. The van der Waals surface area contributed by atoms with Gasteiger partial charge in [0.25, 0.3) is 11.8 Å². The second kappa shape index (κ2) is 9.45. The Balaban J connectivity index is 1.41. The Hall–Kier alpha value is -4.66. The molecule has 0 fully saturated rings. The molecule has 1 heterocycles. The Morgan fingerprint density at radius 2 is 1.56 bits per heavy atom. The van der Waals surface area contributed by atoms with E-state index in [2.05, 4.69) is 21.3 Å². The Kier molecular flexibility index (Phi) is 6.26. The quantitative estimate of drug-likeness (QED) is 0.479. The molecule has 0 atom stereocenters. The standard InChI is InChI=1S/C25H23N5O4/c1-15-5-3-4-6-20(15)29-25(34)28-18-10-8-17(9-11-18)27-23(32)16-7-12-21-19(13-16)24(33)26-14-22(31)30(21)2/h3-13H,14H2,1-2H3,(H,26,33)(H,27,32)(H2,28,29,34). The molecule has 0 radical (unpaired) electrons. The molecule has 34 heavy (non-hydrogen) atoms. The van der Waals surface area contributed by atoms with E-state index in [-0.39, 0.29) is 29.6 Å². The number of aryl methyl sites for hydroxylation is 1. The number of rotatable bonds is 4. The number of anilines is 4. The molecule has 0 spiro atoms. The number of likely N-dealkylation sites (N-methyl/N-ethyl adjacent to an activating group) is 1. The van der Waals surface area contributed by atoms with Gasteiger partial charge >= 0.3 is 6.03 Å². The molecular weight excluding hydrogens is 434 g/mol. The van der Waals surface area contributed by atoms with Gasteiger partial charge in [-0.25, -0.2) is 4.79 Å². The van der Waals surface area contributed by atoms with E-state index < -0.39 is 11.8 Å². The fourth-order valence-electron chi connectivity index (χ4n) is 3.49. The van der Waals surface area contributed by atoms with Crippen molar-refractivity contribution in [1.82, 2.24) is 5.32 Å². The van der Waals surface area contributed by atoms with E-state index in [9.17, 15) is 19.2 Å². The molecule has 0 bridgehead atoms. The van der Waals surface area contributed by atoms with Crippen LogP contribution in [0.1, 0.15) is 26.3 Å². The molecule has 5 amide bonds. The summed E-state index contributed by atoms with van der Waals surface area (Å²) in [5.41, 5.74) is 3.70. The van der Waals surface area contributed by atoms with Crippen molar-refractivity contribution >= 4 is 46.5 Å². The van der Waals surface area contributed by atoms with Crippen molar-refractivity contribution in [1.29, 1.82) is 0 Å². The van der Waals surface area contributed by atoms with Crippen molar-refractivity contribution in [2.45, 2.75) is 6.92 Å². The van der Waals surface area contributed by atoms with E-state index in [1.807, 2.05) is 31.2 Å². The molecule has 4 rings (SSSR count). The van der Waals surface area contributed by atoms with Crippen molar-refractivity contribution in [3.8, 4) is 0 Å². The van der Waals surface area contributed by atoms with Gasteiger partial charge in [-0.1, -0.05) is 18.2 Å². The summed E-state index contributed by atoms with van der Waals surface area (Å²) in [6.45, 7) is 1.80. The van der Waals surface area contributed by atoms with Gasteiger partial charge in [0.2, 0.25) is 5.91 Å². The minimum Gasteiger partial charge on any atom is -0.343 e. The van der Waals surface area contributed by atoms with E-state index in [0.29, 0.717) is 22.7 Å². The van der Waals surface area contributed by atoms with Crippen LogP contribution in [0.4, 0.5) is 27.5 Å². The maximum absolute atomic E-state index is 12.7. The first-order valence-electron chi connectivity index (χ1n) is 10.6. The number of carbonyl (C=O) groups is 4. The summed E-state index contributed by atoms with van der Waals surface area (Å²) in [4.78, 5) is 50.7. The Bertz CT molecular complexity index is 1290. The average Bonchev–Trinajstić information content (AvgIpc) is 2.93. The molecular formula is C25H23N5O4. The number of nitrogens with one attached hydrogen (secondary N) is 4. The molecule has 3 aromatic carbocycles. The monoisotopic (exact) mass is 457 g/mol. The van der Waals surface area contributed by atoms with Gasteiger partial charge in [0.15, 0.2) is 0 Å². The molecule has 1 aliphatic rings. The van der Waals surface area contributed by atoms with Gasteiger partial charge in [0.1, 0.15) is 0 Å². The van der Waals surface area contributed by atoms with Crippen LogP contribution in [0.15, 0.2) is 66.7 Å². The SMILES string of the molecule is Cc1ccccc1NC(=O)Nc1ccc(NC(=O)c2ccc3c(c2)C(=O)NCC(=O)N3C)cc1. The zero-order chi connectivity index (χ0) is 24.2. The Morgan fingerprint density at radius 3 is 2.26 bits per heavy atom. The van der Waals surface area contributed by atoms with Crippen LogP contribution in [0.2, 0.25) is 0 Å². The van der Waals surface area contributed by atoms with E-state index >= 15 is 0 Å². The molecule has 0 aliphatic carbocycles. The third kappa shape index (κ3) is 4.88. The largest absolute Gasteiger partial charge is 0.343 e. The van der Waals surface area contributed by atoms with Gasteiger partial charge in [-0.15, -0.1) is 0 Å². The van der Waals surface area contributed by atoms with Crippen LogP contribution in [0.5, 0.6) is 0 Å². The van der Waals surface area contributed by atoms with Crippen LogP contribution in [0.3, 0.4) is 0 Å². The molecule has 0 saturated carbocycles. The number of urea groups is 1. The summed E-state index contributed by atoms with van der Waals surface area (Å²) in [5, 5.41) is 10.8. The molecule has 3 aromatic rings. The van der Waals surface area contributed by atoms with Crippen LogP contribution in [-0.2, 0) is 4.79 Å². The first-order valence-corrected chi connectivity index (χ1v) is 10.6. The maximum Gasteiger partial charge on any atom is 0.323 e. The van der Waals surface area contributed by atoms with Crippen LogP contribution < -0.4 is 26.2 Å². The fraction of sp³-hybridized carbons (Fsp3) is 0.120. The first-order chi connectivity index (χ1) is 16.3. The summed E-state index contributed by atoms with van der Waals surface area (Å²) in [6, 6.07) is 18.3. The highest BCUT2D eigenvalue weighted by molar-refractivity contribution is 6.12. The zero-order valence-electron chi connectivity index (χ0n) is 18.6. The third-order valence-electron chi connectivity index (χ3n) is 5.43. The third-order valence-corrected chi connectivity index (χ3v) is 5.43. The zero-order valence-corrected chi connectivity index (χ0v) is 18.6. The molecule has 9 nitrogen and oxygen atoms in total. The van der Waals surface area contributed by atoms with Crippen LogP contribution >= 0.6 is 0 Å². The number of hydrogen-bond donors (Lipinski definition) is 4. The van der Waals surface area contributed by atoms with Gasteiger partial charge in [0.05, 0.1) is 17.8 Å². The number of amides is 5. The first kappa shape index (κ1) is 22.5. The predicted molar refractivity (Wildman–Crippen MR) is 130 cm³/mol. The smallest absolute Gasteiger partial charge is 0.323 e. The van der Waals surface area contributed by atoms with Crippen LogP contribution in [0.25, 0.3) is 0 Å². The number of carbonyl (C=O) groups excluding carboxylic acids is 4. The predicted octanol–water partition coefficient (Wildman–Crippen LogP) is 3.60. The lowest BCUT2D eigenvalue weighted by Crippen LogP contribution is -2.33. The molecule has 0 aromatic heterocycles. The second-order valence-electron chi connectivity index (χ2n) is 7.79. The van der Waals surface area contributed by atoms with Crippen LogP contribution in [0, 0.1) is 6.92 Å². The van der Waals surface area contributed by atoms with Crippen LogP contribution in [-0.4, -0.2) is 37.3 Å². The second-order valence-corrected chi connectivity index (χ2v) is 7.79. The molecule has 9 heteroatoms. The summed E-state index contributed by atoms with van der Waals surface area (Å²) >= 11 is 0. The van der Waals surface area contributed by atoms with Gasteiger partial charge in [-0.2, -0.15) is 0 Å². The van der Waals surface area contributed by atoms with Crippen molar-refractivity contribution < 1.29 is 19.2 Å². The highest BCUT2D eigenvalue weighted by Gasteiger charge is 2.24. The molecule has 0 saturated heterocycles. The van der Waals surface area contributed by atoms with Gasteiger partial charge < -0.3 is 26.2 Å². The van der Waals surface area contributed by atoms with Crippen molar-refractivity contribution in [2.75, 3.05) is 34.4 Å². The van der Waals surface area contributed by atoms with Gasteiger partial charge in [-0.05, 0) is 61.0 Å². The lowest BCUT2D eigenvalue weighted by Gasteiger charge is -2.16. The number of benzene rings is 3. The molecule has 4 N–H and O–H groups in total. The van der Waals surface area contributed by atoms with Crippen molar-refractivity contribution in [2.24, 2.45) is 0 Å². The molecule has 0 unspecified atom stereocenters. The summed E-state index contributed by atoms with van der Waals surface area (Å²) in [7, 11) is 1.58. The molecule has 172 valence electrons. The van der Waals surface area contributed by atoms with Crippen molar-refractivity contribution in [3.05, 3.63) is 83.4 Å². The van der Waals surface area contributed by atoms with E-state index in [1.165, 1.54) is 11.0 Å². The van der Waals surface area contributed by atoms with E-state index in [4.69, 9.17) is 0 Å². The minimum atomic E-state index is -0.415. The number of para-hydroxylation sites is 1. The van der Waals surface area contributed by atoms with Gasteiger partial charge in [-0.3, -0.25) is 14.4 Å².